The van der Waals surface area contributed by atoms with E-state index in [0.29, 0.717) is 11.3 Å². The van der Waals surface area contributed by atoms with Crippen molar-refractivity contribution in [2.45, 2.75) is 17.8 Å². The van der Waals surface area contributed by atoms with Crippen molar-refractivity contribution in [3.63, 3.8) is 0 Å². The number of benzene rings is 1. The lowest BCUT2D eigenvalue weighted by atomic mass is 10.2. The molecular formula is C15H14FN3S2. The second-order valence-corrected chi connectivity index (χ2v) is 6.75. The molecule has 0 N–H and O–H groups in total. The molecule has 0 unspecified atom stereocenters. The number of hydrogen-bond donors (Lipinski definition) is 0. The van der Waals surface area contributed by atoms with Crippen LogP contribution in [0.3, 0.4) is 0 Å². The zero-order valence-electron chi connectivity index (χ0n) is 11.7. The lowest BCUT2D eigenvalue weighted by Gasteiger charge is -2.03. The molecule has 0 fully saturated rings. The highest BCUT2D eigenvalue weighted by Gasteiger charge is 2.13. The van der Waals surface area contributed by atoms with Crippen LogP contribution < -0.4 is 0 Å². The summed E-state index contributed by atoms with van der Waals surface area (Å²) in [7, 11) is 1.94. The summed E-state index contributed by atoms with van der Waals surface area (Å²) in [4.78, 5) is 1.24. The minimum absolute atomic E-state index is 0.180. The molecule has 3 rings (SSSR count). The van der Waals surface area contributed by atoms with Crippen molar-refractivity contribution in [3.8, 4) is 11.4 Å². The molecule has 3 aromatic rings. The normalized spacial score (nSPS) is 11.0. The van der Waals surface area contributed by atoms with Crippen LogP contribution in [0.4, 0.5) is 4.39 Å². The van der Waals surface area contributed by atoms with Gasteiger partial charge < -0.3 is 4.57 Å². The number of halogens is 1. The Bertz CT molecular complexity index is 764. The highest BCUT2D eigenvalue weighted by Crippen LogP contribution is 2.28. The van der Waals surface area contributed by atoms with Crippen LogP contribution in [-0.2, 0) is 12.8 Å². The topological polar surface area (TPSA) is 30.7 Å². The van der Waals surface area contributed by atoms with Gasteiger partial charge in [0.25, 0.3) is 0 Å². The van der Waals surface area contributed by atoms with E-state index in [9.17, 15) is 4.39 Å². The van der Waals surface area contributed by atoms with Crippen molar-refractivity contribution in [1.29, 1.82) is 0 Å². The van der Waals surface area contributed by atoms with Gasteiger partial charge in [-0.1, -0.05) is 30.0 Å². The van der Waals surface area contributed by atoms with Crippen molar-refractivity contribution in [1.82, 2.24) is 14.8 Å². The summed E-state index contributed by atoms with van der Waals surface area (Å²) in [5, 5.41) is 11.3. The maximum atomic E-state index is 13.6. The molecule has 0 radical (unpaired) electrons. The first-order chi connectivity index (χ1) is 10.1. The van der Waals surface area contributed by atoms with Crippen LogP contribution in [0, 0.1) is 12.7 Å². The Labute approximate surface area is 130 Å². The standard InChI is InChI=1S/C15H14FN3S2/c1-10-7-12(9-20-10)14-17-18-15(19(14)2)21-8-11-5-3-4-6-13(11)16/h3-7,9H,8H2,1-2H3. The molecule has 0 saturated carbocycles. The molecule has 108 valence electrons. The molecule has 21 heavy (non-hydrogen) atoms. The first kappa shape index (κ1) is 14.3. The Morgan fingerprint density at radius 2 is 2.10 bits per heavy atom. The van der Waals surface area contributed by atoms with Crippen LogP contribution in [0.15, 0.2) is 40.9 Å². The molecule has 1 aromatic carbocycles. The molecule has 0 aliphatic heterocycles. The monoisotopic (exact) mass is 319 g/mol. The van der Waals surface area contributed by atoms with Gasteiger partial charge in [0.2, 0.25) is 0 Å². The molecule has 0 bridgehead atoms. The predicted molar refractivity (Wildman–Crippen MR) is 85.0 cm³/mol. The summed E-state index contributed by atoms with van der Waals surface area (Å²) in [5.74, 6) is 1.21. The minimum Gasteiger partial charge on any atom is -0.305 e. The van der Waals surface area contributed by atoms with Crippen molar-refractivity contribution < 1.29 is 4.39 Å². The van der Waals surface area contributed by atoms with Gasteiger partial charge in [-0.15, -0.1) is 21.5 Å². The number of aryl methyl sites for hydroxylation is 1. The van der Waals surface area contributed by atoms with Crippen LogP contribution in [-0.4, -0.2) is 14.8 Å². The van der Waals surface area contributed by atoms with E-state index in [4.69, 9.17) is 0 Å². The Balaban J connectivity index is 1.78. The highest BCUT2D eigenvalue weighted by atomic mass is 32.2. The fourth-order valence-electron chi connectivity index (χ4n) is 2.01. The van der Waals surface area contributed by atoms with Gasteiger partial charge in [0.15, 0.2) is 11.0 Å². The predicted octanol–water partition coefficient (Wildman–Crippen LogP) is 4.28. The number of rotatable bonds is 4. The van der Waals surface area contributed by atoms with E-state index in [-0.39, 0.29) is 5.82 Å². The van der Waals surface area contributed by atoms with Crippen LogP contribution in [0.25, 0.3) is 11.4 Å². The maximum Gasteiger partial charge on any atom is 0.191 e. The van der Waals surface area contributed by atoms with Gasteiger partial charge in [-0.25, -0.2) is 4.39 Å². The Hall–Kier alpha value is -1.66. The van der Waals surface area contributed by atoms with E-state index in [2.05, 4.69) is 28.6 Å². The number of thiophene rings is 1. The van der Waals surface area contributed by atoms with Gasteiger partial charge in [-0.05, 0) is 24.6 Å². The molecule has 0 aliphatic carbocycles. The average Bonchev–Trinajstić information content (AvgIpc) is 3.04. The lowest BCUT2D eigenvalue weighted by Crippen LogP contribution is -1.95. The average molecular weight is 319 g/mol. The fraction of sp³-hybridized carbons (Fsp3) is 0.200. The molecule has 3 nitrogen and oxygen atoms in total. The van der Waals surface area contributed by atoms with Crippen LogP contribution in [0.5, 0.6) is 0 Å². The van der Waals surface area contributed by atoms with E-state index in [1.54, 1.807) is 23.5 Å². The zero-order valence-corrected chi connectivity index (χ0v) is 13.3. The summed E-state index contributed by atoms with van der Waals surface area (Å²) in [6, 6.07) is 8.91. The number of thioether (sulfide) groups is 1. The van der Waals surface area contributed by atoms with Gasteiger partial charge in [-0.3, -0.25) is 0 Å². The summed E-state index contributed by atoms with van der Waals surface area (Å²) in [6.07, 6.45) is 0. The summed E-state index contributed by atoms with van der Waals surface area (Å²) in [6.45, 7) is 2.07. The van der Waals surface area contributed by atoms with Crippen molar-refractivity contribution in [2.75, 3.05) is 0 Å². The van der Waals surface area contributed by atoms with Gasteiger partial charge in [0.1, 0.15) is 5.82 Å². The SMILES string of the molecule is Cc1cc(-c2nnc(SCc3ccccc3F)n2C)cs1. The molecule has 0 spiro atoms. The third kappa shape index (κ3) is 3.01. The first-order valence-electron chi connectivity index (χ1n) is 6.46. The van der Waals surface area contributed by atoms with E-state index in [1.807, 2.05) is 17.7 Å². The Morgan fingerprint density at radius 1 is 1.29 bits per heavy atom. The number of aromatic nitrogens is 3. The largest absolute Gasteiger partial charge is 0.305 e. The molecular weight excluding hydrogens is 305 g/mol. The highest BCUT2D eigenvalue weighted by molar-refractivity contribution is 7.98. The molecule has 2 heterocycles. The number of nitrogens with zero attached hydrogens (tertiary/aromatic N) is 3. The fourth-order valence-corrected chi connectivity index (χ4v) is 3.59. The lowest BCUT2D eigenvalue weighted by molar-refractivity contribution is 0.617. The van der Waals surface area contributed by atoms with E-state index >= 15 is 0 Å². The van der Waals surface area contributed by atoms with Crippen LogP contribution in [0.1, 0.15) is 10.4 Å². The van der Waals surface area contributed by atoms with Crippen molar-refractivity contribution in [3.05, 3.63) is 52.0 Å². The molecule has 2 aromatic heterocycles. The molecule has 0 aliphatic rings. The smallest absolute Gasteiger partial charge is 0.191 e. The second-order valence-electron chi connectivity index (χ2n) is 4.69. The quantitative estimate of drug-likeness (QED) is 0.672. The third-order valence-electron chi connectivity index (χ3n) is 3.14. The van der Waals surface area contributed by atoms with Crippen LogP contribution in [0.2, 0.25) is 0 Å². The van der Waals surface area contributed by atoms with Gasteiger partial charge in [-0.2, -0.15) is 0 Å². The molecule has 6 heteroatoms. The summed E-state index contributed by atoms with van der Waals surface area (Å²) < 4.78 is 15.6. The number of hydrogen-bond acceptors (Lipinski definition) is 4. The van der Waals surface area contributed by atoms with E-state index in [1.165, 1.54) is 22.7 Å². The maximum absolute atomic E-state index is 13.6. The van der Waals surface area contributed by atoms with E-state index in [0.717, 1.165) is 16.5 Å². The van der Waals surface area contributed by atoms with Gasteiger partial charge in [0, 0.05) is 28.6 Å². The molecule has 0 amide bonds. The Kier molecular flexibility index (Phi) is 4.07. The zero-order chi connectivity index (χ0) is 14.8. The Morgan fingerprint density at radius 3 is 2.81 bits per heavy atom. The van der Waals surface area contributed by atoms with Crippen molar-refractivity contribution >= 4 is 23.1 Å². The van der Waals surface area contributed by atoms with E-state index < -0.39 is 0 Å². The van der Waals surface area contributed by atoms with Gasteiger partial charge >= 0.3 is 0 Å². The summed E-state index contributed by atoms with van der Waals surface area (Å²) in [5.41, 5.74) is 1.75. The van der Waals surface area contributed by atoms with Gasteiger partial charge in [0.05, 0.1) is 0 Å². The van der Waals surface area contributed by atoms with Crippen molar-refractivity contribution in [2.24, 2.45) is 7.05 Å². The second kappa shape index (κ2) is 5.99. The molecule has 0 saturated heterocycles. The minimum atomic E-state index is -0.180. The van der Waals surface area contributed by atoms with Crippen LogP contribution >= 0.6 is 23.1 Å². The molecule has 0 atom stereocenters. The third-order valence-corrected chi connectivity index (χ3v) is 5.07. The summed E-state index contributed by atoms with van der Waals surface area (Å²) >= 11 is 3.18. The first-order valence-corrected chi connectivity index (χ1v) is 8.33.